The van der Waals surface area contributed by atoms with E-state index >= 15 is 0 Å². The fourth-order valence-electron chi connectivity index (χ4n) is 2.01. The molecule has 0 fully saturated rings. The molecule has 2 aromatic carbocycles. The number of benzene rings is 2. The minimum absolute atomic E-state index is 0.394. The van der Waals surface area contributed by atoms with Crippen LogP contribution in [0.3, 0.4) is 0 Å². The van der Waals surface area contributed by atoms with E-state index in [1.54, 1.807) is 18.2 Å². The Labute approximate surface area is 124 Å². The third kappa shape index (κ3) is 3.20. The highest BCUT2D eigenvalue weighted by Crippen LogP contribution is 2.34. The molecule has 20 heavy (non-hydrogen) atoms. The molecule has 0 aliphatic rings. The number of hydrogen-bond donors (Lipinski definition) is 0. The number of para-hydroxylation sites is 1. The zero-order valence-electron chi connectivity index (χ0n) is 11.6. The lowest BCUT2D eigenvalue weighted by atomic mass is 9.98. The molecule has 104 valence electrons. The summed E-state index contributed by atoms with van der Waals surface area (Å²) in [6, 6.07) is 12.9. The molecule has 0 saturated carbocycles. The first-order chi connectivity index (χ1) is 9.65. The number of carbonyl (C=O) groups excluding carboxylic acids is 1. The summed E-state index contributed by atoms with van der Waals surface area (Å²) < 4.78 is 5.92. The van der Waals surface area contributed by atoms with E-state index in [1.165, 1.54) is 0 Å². The van der Waals surface area contributed by atoms with E-state index in [9.17, 15) is 4.79 Å². The van der Waals surface area contributed by atoms with E-state index in [2.05, 4.69) is 19.9 Å². The van der Waals surface area contributed by atoms with E-state index in [0.29, 0.717) is 22.3 Å². The molecule has 1 unspecified atom stereocenters. The first kappa shape index (κ1) is 14.6. The Bertz CT molecular complexity index is 608. The van der Waals surface area contributed by atoms with Crippen molar-refractivity contribution in [1.29, 1.82) is 0 Å². The van der Waals surface area contributed by atoms with Crippen molar-refractivity contribution in [2.75, 3.05) is 0 Å². The average Bonchev–Trinajstić information content (AvgIpc) is 2.47. The van der Waals surface area contributed by atoms with Gasteiger partial charge >= 0.3 is 0 Å². The molecule has 0 heterocycles. The van der Waals surface area contributed by atoms with E-state index in [1.807, 2.05) is 18.2 Å². The van der Waals surface area contributed by atoms with E-state index in [0.717, 1.165) is 24.0 Å². The molecule has 0 radical (unpaired) electrons. The van der Waals surface area contributed by atoms with E-state index < -0.39 is 0 Å². The summed E-state index contributed by atoms with van der Waals surface area (Å²) in [5, 5.41) is 0.548. The number of carbonyl (C=O) groups is 1. The van der Waals surface area contributed by atoms with Gasteiger partial charge in [0.1, 0.15) is 11.5 Å². The summed E-state index contributed by atoms with van der Waals surface area (Å²) in [5.41, 5.74) is 1.63. The van der Waals surface area contributed by atoms with Crippen molar-refractivity contribution in [3.63, 3.8) is 0 Å². The number of aldehydes is 1. The monoisotopic (exact) mass is 288 g/mol. The van der Waals surface area contributed by atoms with E-state index in [-0.39, 0.29) is 0 Å². The normalized spacial score (nSPS) is 11.9. The van der Waals surface area contributed by atoms with Gasteiger partial charge in [-0.3, -0.25) is 4.79 Å². The number of hydrogen-bond acceptors (Lipinski definition) is 2. The minimum Gasteiger partial charge on any atom is -0.456 e. The topological polar surface area (TPSA) is 26.3 Å². The third-order valence-corrected chi connectivity index (χ3v) is 3.62. The average molecular weight is 289 g/mol. The predicted molar refractivity (Wildman–Crippen MR) is 82.1 cm³/mol. The summed E-state index contributed by atoms with van der Waals surface area (Å²) >= 11 is 5.97. The van der Waals surface area contributed by atoms with Gasteiger partial charge in [-0.05, 0) is 36.1 Å². The Hall–Kier alpha value is -1.80. The molecule has 1 atom stereocenters. The quantitative estimate of drug-likeness (QED) is 0.683. The van der Waals surface area contributed by atoms with Crippen molar-refractivity contribution >= 4 is 17.9 Å². The molecule has 2 nitrogen and oxygen atoms in total. The van der Waals surface area contributed by atoms with Gasteiger partial charge in [-0.15, -0.1) is 0 Å². The summed E-state index contributed by atoms with van der Waals surface area (Å²) in [4.78, 5) is 11.1. The van der Waals surface area contributed by atoms with Crippen molar-refractivity contribution in [2.24, 2.45) is 0 Å². The van der Waals surface area contributed by atoms with Gasteiger partial charge in [0.25, 0.3) is 0 Å². The lowest BCUT2D eigenvalue weighted by molar-refractivity contribution is 0.112. The fourth-order valence-corrected chi connectivity index (χ4v) is 2.18. The maximum Gasteiger partial charge on any atom is 0.153 e. The van der Waals surface area contributed by atoms with Crippen LogP contribution >= 0.6 is 11.6 Å². The molecule has 0 N–H and O–H groups in total. The lowest BCUT2D eigenvalue weighted by Crippen LogP contribution is -1.97. The molecule has 2 rings (SSSR count). The second-order valence-electron chi connectivity index (χ2n) is 4.75. The van der Waals surface area contributed by atoms with Crippen LogP contribution in [0.1, 0.15) is 42.1 Å². The summed E-state index contributed by atoms with van der Waals surface area (Å²) in [6.07, 6.45) is 1.80. The molecule has 0 saturated heterocycles. The minimum atomic E-state index is 0.394. The van der Waals surface area contributed by atoms with Gasteiger partial charge in [-0.2, -0.15) is 0 Å². The van der Waals surface area contributed by atoms with Crippen molar-refractivity contribution < 1.29 is 9.53 Å². The van der Waals surface area contributed by atoms with Crippen molar-refractivity contribution in [3.8, 4) is 11.5 Å². The molecular formula is C17H17ClO2. The molecule has 0 aromatic heterocycles. The number of rotatable bonds is 5. The Morgan fingerprint density at radius 3 is 2.65 bits per heavy atom. The Balaban J connectivity index is 2.40. The second-order valence-corrected chi connectivity index (χ2v) is 5.19. The zero-order valence-corrected chi connectivity index (χ0v) is 12.4. The SMILES string of the molecule is CCC(C)c1ccccc1Oc1cc(Cl)ccc1C=O. The van der Waals surface area contributed by atoms with Gasteiger partial charge in [0, 0.05) is 11.1 Å². The fraction of sp³-hybridized carbons (Fsp3) is 0.235. The molecule has 0 aliphatic carbocycles. The van der Waals surface area contributed by atoms with Gasteiger partial charge in [-0.25, -0.2) is 0 Å². The highest BCUT2D eigenvalue weighted by atomic mass is 35.5. The largest absolute Gasteiger partial charge is 0.456 e. The highest BCUT2D eigenvalue weighted by molar-refractivity contribution is 6.30. The molecule has 0 spiro atoms. The molecule has 0 aliphatic heterocycles. The molecule has 2 aromatic rings. The lowest BCUT2D eigenvalue weighted by Gasteiger charge is -2.16. The Morgan fingerprint density at radius 1 is 1.20 bits per heavy atom. The van der Waals surface area contributed by atoms with Gasteiger partial charge in [-0.1, -0.05) is 43.6 Å². The molecular weight excluding hydrogens is 272 g/mol. The first-order valence-electron chi connectivity index (χ1n) is 6.67. The number of ether oxygens (including phenoxy) is 1. The maximum absolute atomic E-state index is 11.1. The van der Waals surface area contributed by atoms with Crippen LogP contribution in [-0.2, 0) is 0 Å². The van der Waals surface area contributed by atoms with Crippen molar-refractivity contribution in [1.82, 2.24) is 0 Å². The summed E-state index contributed by atoms with van der Waals surface area (Å²) in [6.45, 7) is 4.29. The van der Waals surface area contributed by atoms with Crippen LogP contribution in [0, 0.1) is 0 Å². The summed E-state index contributed by atoms with van der Waals surface area (Å²) in [7, 11) is 0. The van der Waals surface area contributed by atoms with Gasteiger partial charge in [0.05, 0.1) is 5.56 Å². The van der Waals surface area contributed by atoms with Crippen LogP contribution in [0.4, 0.5) is 0 Å². The summed E-state index contributed by atoms with van der Waals surface area (Å²) in [5.74, 6) is 1.65. The predicted octanol–water partition coefficient (Wildman–Crippen LogP) is 5.46. The maximum atomic E-state index is 11.1. The van der Waals surface area contributed by atoms with Crippen LogP contribution in [0.2, 0.25) is 5.02 Å². The van der Waals surface area contributed by atoms with Gasteiger partial charge < -0.3 is 4.74 Å². The zero-order chi connectivity index (χ0) is 14.5. The molecule has 0 amide bonds. The number of halogens is 1. The molecule has 0 bridgehead atoms. The standard InChI is InChI=1S/C17H17ClO2/c1-3-12(2)15-6-4-5-7-16(15)20-17-10-14(18)9-8-13(17)11-19/h4-12H,3H2,1-2H3. The van der Waals surface area contributed by atoms with Crippen LogP contribution in [0.25, 0.3) is 0 Å². The van der Waals surface area contributed by atoms with Crippen molar-refractivity contribution in [3.05, 3.63) is 58.6 Å². The highest BCUT2D eigenvalue weighted by Gasteiger charge is 2.12. The van der Waals surface area contributed by atoms with Gasteiger partial charge in [0.15, 0.2) is 6.29 Å². The smallest absolute Gasteiger partial charge is 0.153 e. The molecule has 3 heteroatoms. The first-order valence-corrected chi connectivity index (χ1v) is 7.05. The van der Waals surface area contributed by atoms with Crippen LogP contribution in [0.15, 0.2) is 42.5 Å². The second kappa shape index (κ2) is 6.58. The van der Waals surface area contributed by atoms with Crippen LogP contribution in [0.5, 0.6) is 11.5 Å². The van der Waals surface area contributed by atoms with Crippen molar-refractivity contribution in [2.45, 2.75) is 26.2 Å². The third-order valence-electron chi connectivity index (χ3n) is 3.38. The van der Waals surface area contributed by atoms with Gasteiger partial charge in [0.2, 0.25) is 0 Å². The Kier molecular flexibility index (Phi) is 4.80. The van der Waals surface area contributed by atoms with Crippen LogP contribution in [-0.4, -0.2) is 6.29 Å². The van der Waals surface area contributed by atoms with E-state index in [4.69, 9.17) is 16.3 Å². The Morgan fingerprint density at radius 2 is 1.95 bits per heavy atom. The van der Waals surface area contributed by atoms with Crippen LogP contribution < -0.4 is 4.74 Å².